The van der Waals surface area contributed by atoms with E-state index in [1.54, 1.807) is 7.11 Å². The minimum absolute atomic E-state index is 0.0716. The van der Waals surface area contributed by atoms with E-state index in [9.17, 15) is 5.11 Å². The van der Waals surface area contributed by atoms with Gasteiger partial charge in [-0.1, -0.05) is 6.07 Å². The molecule has 2 heterocycles. The van der Waals surface area contributed by atoms with Gasteiger partial charge in [-0.3, -0.25) is 4.90 Å². The Morgan fingerprint density at radius 1 is 1.31 bits per heavy atom. The van der Waals surface area contributed by atoms with Crippen molar-refractivity contribution in [1.82, 2.24) is 4.90 Å². The second-order valence-electron chi connectivity index (χ2n) is 9.03. The number of hydrogen-bond donors (Lipinski definition) is 1. The number of alkyl halides is 1. The average molecular weight is 359 g/mol. The number of benzene rings is 1. The zero-order valence-electron chi connectivity index (χ0n) is 15.2. The molecule has 2 saturated carbocycles. The quantitative estimate of drug-likeness (QED) is 0.901. The Balaban J connectivity index is 1.56. The van der Waals surface area contributed by atoms with Crippen molar-refractivity contribution in [2.75, 3.05) is 20.2 Å². The standard InChI is InChI=1S/C21H26FNO3/c1-25-15-5-4-13-10-16-21(24)7-6-14(22)19-20(21,17(13)18(15)26-19)8-9-23(16)11-12-2-3-12/h4-5,12,14,16,19,24H,2-3,6-11H2,1H3/t14?,16-,19+,20?,21-/m0/s1. The van der Waals surface area contributed by atoms with Crippen molar-refractivity contribution in [2.45, 2.75) is 67.9 Å². The van der Waals surface area contributed by atoms with Crippen molar-refractivity contribution in [1.29, 1.82) is 0 Å². The van der Waals surface area contributed by atoms with Gasteiger partial charge in [0, 0.05) is 18.2 Å². The number of nitrogens with zero attached hydrogens (tertiary/aromatic N) is 1. The predicted molar refractivity (Wildman–Crippen MR) is 94.6 cm³/mol. The lowest BCUT2D eigenvalue weighted by Gasteiger charge is -2.63. The van der Waals surface area contributed by atoms with Gasteiger partial charge >= 0.3 is 0 Å². The lowest BCUT2D eigenvalue weighted by Crippen LogP contribution is -2.76. The number of piperidine rings is 1. The Kier molecular flexibility index (Phi) is 2.98. The first kappa shape index (κ1) is 15.7. The molecule has 3 fully saturated rings. The lowest BCUT2D eigenvalue weighted by atomic mass is 9.49. The summed E-state index contributed by atoms with van der Waals surface area (Å²) >= 11 is 0. The summed E-state index contributed by atoms with van der Waals surface area (Å²) in [6, 6.07) is 4.13. The van der Waals surface area contributed by atoms with Gasteiger partial charge in [-0.2, -0.15) is 0 Å². The molecule has 0 aromatic heterocycles. The van der Waals surface area contributed by atoms with Crippen LogP contribution in [0, 0.1) is 5.92 Å². The van der Waals surface area contributed by atoms with Gasteiger partial charge in [0.2, 0.25) is 0 Å². The SMILES string of the molecule is COc1ccc2c3c1O[C@@H]1C(F)CC[C@]4(O)[C@H](C2)N(CC2CC2)CCC314. The number of ether oxygens (including phenoxy) is 2. The third kappa shape index (κ3) is 1.68. The van der Waals surface area contributed by atoms with Gasteiger partial charge < -0.3 is 14.6 Å². The van der Waals surface area contributed by atoms with Crippen molar-refractivity contribution in [2.24, 2.45) is 5.92 Å². The molecule has 0 amide bonds. The fraction of sp³-hybridized carbons (Fsp3) is 0.714. The number of methoxy groups -OCH3 is 1. The highest BCUT2D eigenvalue weighted by Gasteiger charge is 2.73. The maximum absolute atomic E-state index is 15.0. The second kappa shape index (κ2) is 4.93. The molecule has 1 aromatic rings. The molecule has 140 valence electrons. The summed E-state index contributed by atoms with van der Waals surface area (Å²) in [6.45, 7) is 2.00. The molecule has 5 aliphatic rings. The Morgan fingerprint density at radius 3 is 2.92 bits per heavy atom. The molecule has 2 aliphatic heterocycles. The van der Waals surface area contributed by atoms with Gasteiger partial charge in [-0.25, -0.2) is 4.39 Å². The smallest absolute Gasteiger partial charge is 0.166 e. The van der Waals surface area contributed by atoms with Crippen molar-refractivity contribution in [3.05, 3.63) is 23.3 Å². The van der Waals surface area contributed by atoms with Crippen LogP contribution in [0.3, 0.4) is 0 Å². The van der Waals surface area contributed by atoms with Crippen molar-refractivity contribution in [3.8, 4) is 11.5 Å². The first-order chi connectivity index (χ1) is 12.6. The van der Waals surface area contributed by atoms with Crippen molar-refractivity contribution >= 4 is 0 Å². The molecule has 3 aliphatic carbocycles. The lowest BCUT2D eigenvalue weighted by molar-refractivity contribution is -0.199. The summed E-state index contributed by atoms with van der Waals surface area (Å²) in [5.74, 6) is 2.14. The second-order valence-corrected chi connectivity index (χ2v) is 9.03. The van der Waals surface area contributed by atoms with Crippen LogP contribution in [0.25, 0.3) is 0 Å². The molecule has 5 heteroatoms. The Morgan fingerprint density at radius 2 is 2.15 bits per heavy atom. The number of halogens is 1. The van der Waals surface area contributed by atoms with E-state index in [0.717, 1.165) is 37.4 Å². The van der Waals surface area contributed by atoms with Crippen LogP contribution in [0.2, 0.25) is 0 Å². The molecule has 2 unspecified atom stereocenters. The monoisotopic (exact) mass is 359 g/mol. The van der Waals surface area contributed by atoms with Crippen LogP contribution in [-0.2, 0) is 11.8 Å². The van der Waals surface area contributed by atoms with Crippen molar-refractivity contribution in [3.63, 3.8) is 0 Å². The summed E-state index contributed by atoms with van der Waals surface area (Å²) in [6.07, 6.45) is 3.49. The maximum Gasteiger partial charge on any atom is 0.166 e. The van der Waals surface area contributed by atoms with E-state index in [1.807, 2.05) is 6.07 Å². The fourth-order valence-electron chi connectivity index (χ4n) is 6.57. The third-order valence-corrected chi connectivity index (χ3v) is 7.89. The van der Waals surface area contributed by atoms with E-state index in [4.69, 9.17) is 9.47 Å². The molecular weight excluding hydrogens is 333 g/mol. The third-order valence-electron chi connectivity index (χ3n) is 7.89. The van der Waals surface area contributed by atoms with Gasteiger partial charge in [-0.05, 0) is 62.6 Å². The summed E-state index contributed by atoms with van der Waals surface area (Å²) in [4.78, 5) is 2.50. The Labute approximate surface area is 153 Å². The molecule has 26 heavy (non-hydrogen) atoms. The predicted octanol–water partition coefficient (Wildman–Crippen LogP) is 2.60. The van der Waals surface area contributed by atoms with E-state index in [-0.39, 0.29) is 6.04 Å². The van der Waals surface area contributed by atoms with Crippen LogP contribution in [-0.4, -0.2) is 54.1 Å². The summed E-state index contributed by atoms with van der Waals surface area (Å²) < 4.78 is 26.8. The van der Waals surface area contributed by atoms with Gasteiger partial charge in [0.1, 0.15) is 12.3 Å². The van der Waals surface area contributed by atoms with E-state index >= 15 is 4.39 Å². The number of likely N-dealkylation sites (tertiary alicyclic amines) is 1. The van der Waals surface area contributed by atoms with Crippen LogP contribution in [0.1, 0.15) is 43.2 Å². The van der Waals surface area contributed by atoms with Crippen molar-refractivity contribution < 1.29 is 19.0 Å². The highest BCUT2D eigenvalue weighted by molar-refractivity contribution is 5.62. The number of rotatable bonds is 3. The first-order valence-electron chi connectivity index (χ1n) is 10.1. The largest absolute Gasteiger partial charge is 0.493 e. The van der Waals surface area contributed by atoms with Gasteiger partial charge in [0.15, 0.2) is 11.5 Å². The van der Waals surface area contributed by atoms with Crippen LogP contribution in [0.4, 0.5) is 4.39 Å². The highest BCUT2D eigenvalue weighted by Crippen LogP contribution is 2.65. The summed E-state index contributed by atoms with van der Waals surface area (Å²) in [5, 5.41) is 12.1. The fourth-order valence-corrected chi connectivity index (χ4v) is 6.57. The minimum atomic E-state index is -1.03. The van der Waals surface area contributed by atoms with Crippen LogP contribution in [0.5, 0.6) is 11.5 Å². The maximum atomic E-state index is 15.0. The van der Waals surface area contributed by atoms with E-state index in [0.29, 0.717) is 24.3 Å². The number of aliphatic hydroxyl groups is 1. The molecule has 6 rings (SSSR count). The summed E-state index contributed by atoms with van der Waals surface area (Å²) in [7, 11) is 1.63. The zero-order valence-corrected chi connectivity index (χ0v) is 15.2. The molecule has 0 radical (unpaired) electrons. The molecule has 1 N–H and O–H groups in total. The normalized spacial score (nSPS) is 43.0. The molecule has 2 bridgehead atoms. The highest BCUT2D eigenvalue weighted by atomic mass is 19.1. The molecule has 1 saturated heterocycles. The molecule has 4 nitrogen and oxygen atoms in total. The van der Waals surface area contributed by atoms with Crippen LogP contribution >= 0.6 is 0 Å². The zero-order chi connectivity index (χ0) is 17.7. The first-order valence-corrected chi connectivity index (χ1v) is 10.1. The van der Waals surface area contributed by atoms with E-state index < -0.39 is 23.3 Å². The Bertz CT molecular complexity index is 781. The van der Waals surface area contributed by atoms with Crippen LogP contribution < -0.4 is 9.47 Å². The van der Waals surface area contributed by atoms with Gasteiger partial charge in [0.25, 0.3) is 0 Å². The topological polar surface area (TPSA) is 41.9 Å². The molecule has 5 atom stereocenters. The molecule has 1 aromatic carbocycles. The van der Waals surface area contributed by atoms with Gasteiger partial charge in [-0.15, -0.1) is 0 Å². The Hall–Kier alpha value is -1.33. The molecular formula is C21H26FNO3. The van der Waals surface area contributed by atoms with E-state index in [2.05, 4.69) is 11.0 Å². The molecule has 1 spiro atoms. The summed E-state index contributed by atoms with van der Waals surface area (Å²) in [5.41, 5.74) is 0.742. The number of hydrogen-bond acceptors (Lipinski definition) is 4. The average Bonchev–Trinajstić information content (AvgIpc) is 3.37. The van der Waals surface area contributed by atoms with Gasteiger partial charge in [0.05, 0.1) is 18.1 Å². The van der Waals surface area contributed by atoms with E-state index in [1.165, 1.54) is 18.4 Å². The van der Waals surface area contributed by atoms with Crippen LogP contribution in [0.15, 0.2) is 12.1 Å². The minimum Gasteiger partial charge on any atom is -0.493 e.